The van der Waals surface area contributed by atoms with Gasteiger partial charge in [0.05, 0.1) is 32.7 Å². The molecule has 0 aliphatic carbocycles. The number of nitrogens with zero attached hydrogens (tertiary/aromatic N) is 6. The lowest BCUT2D eigenvalue weighted by Crippen LogP contribution is -2.49. The van der Waals surface area contributed by atoms with Crippen LogP contribution in [0.1, 0.15) is 13.8 Å². The van der Waals surface area contributed by atoms with Crippen LogP contribution in [0.2, 0.25) is 0 Å². The van der Waals surface area contributed by atoms with Crippen LogP contribution in [0.4, 0.5) is 16.6 Å². The smallest absolute Gasteiger partial charge is 0.409 e. The van der Waals surface area contributed by atoms with Gasteiger partial charge < -0.3 is 29.7 Å². The molecule has 1 aliphatic heterocycles. The van der Waals surface area contributed by atoms with Crippen LogP contribution in [-0.4, -0.2) is 77.9 Å². The van der Waals surface area contributed by atoms with Gasteiger partial charge in [-0.25, -0.2) is 14.8 Å². The number of aromatic nitrogens is 4. The predicted molar refractivity (Wildman–Crippen MR) is 128 cm³/mol. The Morgan fingerprint density at radius 1 is 1.06 bits per heavy atom. The summed E-state index contributed by atoms with van der Waals surface area (Å²) in [7, 11) is 3.17. The molecule has 2 aromatic heterocycles. The first-order valence-corrected chi connectivity index (χ1v) is 11.1. The summed E-state index contributed by atoms with van der Waals surface area (Å²) >= 11 is 0. The van der Waals surface area contributed by atoms with Gasteiger partial charge in [0.1, 0.15) is 0 Å². The van der Waals surface area contributed by atoms with Crippen LogP contribution in [0.15, 0.2) is 24.4 Å². The van der Waals surface area contributed by atoms with E-state index in [-0.39, 0.29) is 12.0 Å². The Morgan fingerprint density at radius 2 is 1.79 bits per heavy atom. The number of methoxy groups -OCH3 is 2. The number of carbonyl (C=O) groups excluding carboxylic acids is 1. The Balaban J connectivity index is 1.61. The molecule has 1 fully saturated rings. The van der Waals surface area contributed by atoms with Crippen LogP contribution in [0.5, 0.6) is 11.5 Å². The number of rotatable bonds is 6. The van der Waals surface area contributed by atoms with Crippen molar-refractivity contribution in [3.63, 3.8) is 0 Å². The molecule has 1 amide bonds. The molecule has 0 saturated carbocycles. The fourth-order valence-electron chi connectivity index (χ4n) is 3.69. The summed E-state index contributed by atoms with van der Waals surface area (Å²) in [5.41, 5.74) is 8.36. The lowest BCUT2D eigenvalue weighted by molar-refractivity contribution is 0.0901. The van der Waals surface area contributed by atoms with E-state index in [0.29, 0.717) is 72.9 Å². The summed E-state index contributed by atoms with van der Waals surface area (Å²) in [5.74, 6) is 2.22. The summed E-state index contributed by atoms with van der Waals surface area (Å²) in [5, 5.41) is 0. The Labute approximate surface area is 197 Å². The molecule has 1 aliphatic rings. The highest BCUT2D eigenvalue weighted by Gasteiger charge is 2.25. The highest BCUT2D eigenvalue weighted by atomic mass is 16.6. The molecular weight excluding hydrogens is 438 g/mol. The van der Waals surface area contributed by atoms with Gasteiger partial charge in [-0.15, -0.1) is 0 Å². The molecule has 3 heterocycles. The fraction of sp³-hybridized carbons (Fsp3) is 0.435. The molecule has 0 unspecified atom stereocenters. The fourth-order valence-corrected chi connectivity index (χ4v) is 3.69. The summed E-state index contributed by atoms with van der Waals surface area (Å²) < 4.78 is 16.1. The standard InChI is InChI=1S/C23H29N7O4/c1-14(2)13-34-23(31)30-9-7-29(8-10-30)21-19-20(27-22(24)28-21)25-12-16(26-19)15-5-6-17(32-3)18(11-15)33-4/h5-6,11-12,14H,7-10,13H2,1-4H3,(H2,24,25,27,28). The Hall–Kier alpha value is -3.89. The first-order valence-electron chi connectivity index (χ1n) is 11.1. The molecule has 0 spiro atoms. The van der Waals surface area contributed by atoms with Gasteiger partial charge in [0.25, 0.3) is 0 Å². The lowest BCUT2D eigenvalue weighted by atomic mass is 10.1. The number of amides is 1. The van der Waals surface area contributed by atoms with E-state index in [1.165, 1.54) is 0 Å². The van der Waals surface area contributed by atoms with E-state index in [9.17, 15) is 4.79 Å². The molecule has 3 aromatic rings. The molecular formula is C23H29N7O4. The number of nitrogen functional groups attached to an aromatic ring is 1. The normalized spacial score (nSPS) is 13.9. The Kier molecular flexibility index (Phi) is 6.80. The minimum Gasteiger partial charge on any atom is -0.493 e. The van der Waals surface area contributed by atoms with Gasteiger partial charge in [-0.05, 0) is 24.1 Å². The van der Waals surface area contributed by atoms with Crippen molar-refractivity contribution in [2.24, 2.45) is 5.92 Å². The third-order valence-electron chi connectivity index (χ3n) is 5.46. The highest BCUT2D eigenvalue weighted by molar-refractivity contribution is 5.86. The SMILES string of the molecule is COc1ccc(-c2cnc3nc(N)nc(N4CCN(C(=O)OCC(C)C)CC4)c3n2)cc1OC. The van der Waals surface area contributed by atoms with Crippen molar-refractivity contribution in [3.8, 4) is 22.8 Å². The third kappa shape index (κ3) is 4.87. The van der Waals surface area contributed by atoms with E-state index in [2.05, 4.69) is 15.0 Å². The van der Waals surface area contributed by atoms with Gasteiger partial charge in [-0.3, -0.25) is 0 Å². The maximum absolute atomic E-state index is 12.3. The summed E-state index contributed by atoms with van der Waals surface area (Å²) in [4.78, 5) is 34.0. The van der Waals surface area contributed by atoms with E-state index in [4.69, 9.17) is 24.9 Å². The van der Waals surface area contributed by atoms with Crippen molar-refractivity contribution in [2.75, 3.05) is 57.6 Å². The molecule has 1 aromatic carbocycles. The zero-order chi connectivity index (χ0) is 24.2. The van der Waals surface area contributed by atoms with E-state index < -0.39 is 0 Å². The number of fused-ring (bicyclic) bond motifs is 1. The zero-order valence-electron chi connectivity index (χ0n) is 19.8. The maximum Gasteiger partial charge on any atom is 0.409 e. The third-order valence-corrected chi connectivity index (χ3v) is 5.46. The van der Waals surface area contributed by atoms with Crippen LogP contribution in [0.25, 0.3) is 22.4 Å². The number of benzene rings is 1. The summed E-state index contributed by atoms with van der Waals surface area (Å²) in [6.45, 7) is 6.55. The predicted octanol–water partition coefficient (Wildman–Crippen LogP) is 2.60. The molecule has 2 N–H and O–H groups in total. The van der Waals surface area contributed by atoms with Crippen molar-refractivity contribution in [1.29, 1.82) is 0 Å². The van der Waals surface area contributed by atoms with Crippen LogP contribution in [-0.2, 0) is 4.74 Å². The molecule has 34 heavy (non-hydrogen) atoms. The molecule has 11 heteroatoms. The van der Waals surface area contributed by atoms with Gasteiger partial charge >= 0.3 is 6.09 Å². The highest BCUT2D eigenvalue weighted by Crippen LogP contribution is 2.32. The van der Waals surface area contributed by atoms with Crippen molar-refractivity contribution >= 4 is 29.0 Å². The number of anilines is 2. The first-order chi connectivity index (χ1) is 16.4. The molecule has 180 valence electrons. The second-order valence-corrected chi connectivity index (χ2v) is 8.35. The van der Waals surface area contributed by atoms with E-state index in [0.717, 1.165) is 5.56 Å². The lowest BCUT2D eigenvalue weighted by Gasteiger charge is -2.35. The zero-order valence-corrected chi connectivity index (χ0v) is 19.8. The summed E-state index contributed by atoms with van der Waals surface area (Å²) in [6.07, 6.45) is 1.35. The second kappa shape index (κ2) is 9.94. The van der Waals surface area contributed by atoms with Crippen molar-refractivity contribution in [2.45, 2.75) is 13.8 Å². The van der Waals surface area contributed by atoms with Crippen LogP contribution in [0, 0.1) is 5.92 Å². The van der Waals surface area contributed by atoms with E-state index >= 15 is 0 Å². The number of hydrogen-bond acceptors (Lipinski definition) is 10. The summed E-state index contributed by atoms with van der Waals surface area (Å²) in [6, 6.07) is 5.54. The van der Waals surface area contributed by atoms with Gasteiger partial charge in [0.2, 0.25) is 5.95 Å². The molecule has 0 radical (unpaired) electrons. The average Bonchev–Trinajstić information content (AvgIpc) is 2.86. The number of piperazine rings is 1. The van der Waals surface area contributed by atoms with Gasteiger partial charge in [-0.2, -0.15) is 9.97 Å². The number of carbonyl (C=O) groups is 1. The van der Waals surface area contributed by atoms with Gasteiger partial charge in [0.15, 0.2) is 28.5 Å². The number of ether oxygens (including phenoxy) is 3. The molecule has 0 atom stereocenters. The topological polar surface area (TPSA) is 129 Å². The van der Waals surface area contributed by atoms with Crippen molar-refractivity contribution in [1.82, 2.24) is 24.8 Å². The molecule has 1 saturated heterocycles. The Bertz CT molecular complexity index is 1180. The quantitative estimate of drug-likeness (QED) is 0.577. The van der Waals surface area contributed by atoms with Crippen LogP contribution in [0.3, 0.4) is 0 Å². The number of nitrogens with two attached hydrogens (primary N) is 1. The average molecular weight is 468 g/mol. The largest absolute Gasteiger partial charge is 0.493 e. The maximum atomic E-state index is 12.3. The first kappa shape index (κ1) is 23.3. The molecule has 11 nitrogen and oxygen atoms in total. The monoisotopic (exact) mass is 467 g/mol. The van der Waals surface area contributed by atoms with Gasteiger partial charge in [0, 0.05) is 31.7 Å². The minimum absolute atomic E-state index is 0.120. The van der Waals surface area contributed by atoms with Crippen LogP contribution >= 0.6 is 0 Å². The number of hydrogen-bond donors (Lipinski definition) is 1. The van der Waals surface area contributed by atoms with E-state index in [1.54, 1.807) is 25.3 Å². The van der Waals surface area contributed by atoms with Gasteiger partial charge in [-0.1, -0.05) is 13.8 Å². The van der Waals surface area contributed by atoms with Crippen molar-refractivity contribution in [3.05, 3.63) is 24.4 Å². The molecule has 0 bridgehead atoms. The van der Waals surface area contributed by atoms with Crippen LogP contribution < -0.4 is 20.1 Å². The second-order valence-electron chi connectivity index (χ2n) is 8.35. The van der Waals surface area contributed by atoms with Crippen molar-refractivity contribution < 1.29 is 19.0 Å². The van der Waals surface area contributed by atoms with E-state index in [1.807, 2.05) is 36.9 Å². The minimum atomic E-state index is -0.295. The molecule has 4 rings (SSSR count). The Morgan fingerprint density at radius 3 is 2.47 bits per heavy atom.